The molecule has 2 unspecified atom stereocenters. The minimum Gasteiger partial charge on any atom is -0.444 e. The Balaban J connectivity index is 1.85. The highest BCUT2D eigenvalue weighted by molar-refractivity contribution is 9.10. The van der Waals surface area contributed by atoms with Crippen molar-refractivity contribution in [3.05, 3.63) is 34.3 Å². The van der Waals surface area contributed by atoms with Crippen molar-refractivity contribution in [2.75, 3.05) is 13.1 Å². The van der Waals surface area contributed by atoms with Gasteiger partial charge < -0.3 is 14.7 Å². The Bertz CT molecular complexity index is 611. The van der Waals surface area contributed by atoms with Crippen LogP contribution in [0, 0.1) is 11.8 Å². The molecule has 24 heavy (non-hydrogen) atoms. The van der Waals surface area contributed by atoms with Crippen LogP contribution in [-0.2, 0) is 10.3 Å². The van der Waals surface area contributed by atoms with Gasteiger partial charge in [0.1, 0.15) is 5.60 Å². The Kier molecular flexibility index (Phi) is 4.69. The summed E-state index contributed by atoms with van der Waals surface area (Å²) in [5.41, 5.74) is -0.402. The summed E-state index contributed by atoms with van der Waals surface area (Å²) in [6.07, 6.45) is 2.70. The summed E-state index contributed by atoms with van der Waals surface area (Å²) >= 11 is 3.51. The first-order valence-electron chi connectivity index (χ1n) is 8.66. The zero-order valence-electron chi connectivity index (χ0n) is 14.6. The molecule has 1 aliphatic carbocycles. The highest BCUT2D eigenvalue weighted by Gasteiger charge is 2.52. The predicted molar refractivity (Wildman–Crippen MR) is 96.7 cm³/mol. The van der Waals surface area contributed by atoms with Gasteiger partial charge in [0.05, 0.1) is 5.60 Å². The molecular formula is C19H26BrNO3. The van der Waals surface area contributed by atoms with Crippen LogP contribution in [0.1, 0.15) is 45.6 Å². The fourth-order valence-electron chi connectivity index (χ4n) is 4.14. The average Bonchev–Trinajstić information content (AvgIpc) is 2.44. The van der Waals surface area contributed by atoms with Crippen molar-refractivity contribution in [3.8, 4) is 0 Å². The second kappa shape index (κ2) is 6.34. The van der Waals surface area contributed by atoms with Crippen molar-refractivity contribution in [3.63, 3.8) is 0 Å². The first-order valence-corrected chi connectivity index (χ1v) is 9.46. The van der Waals surface area contributed by atoms with Gasteiger partial charge in [0.2, 0.25) is 0 Å². The van der Waals surface area contributed by atoms with Crippen LogP contribution in [0.2, 0.25) is 0 Å². The van der Waals surface area contributed by atoms with Gasteiger partial charge in [-0.2, -0.15) is 0 Å². The quantitative estimate of drug-likeness (QED) is 0.770. The molecule has 2 aliphatic rings. The molecule has 0 radical (unpaired) electrons. The smallest absolute Gasteiger partial charge is 0.410 e. The Labute approximate surface area is 152 Å². The van der Waals surface area contributed by atoms with Crippen molar-refractivity contribution in [2.45, 2.75) is 51.2 Å². The molecule has 5 heteroatoms. The molecule has 4 nitrogen and oxygen atoms in total. The Morgan fingerprint density at radius 2 is 1.92 bits per heavy atom. The minimum atomic E-state index is -0.861. The molecule has 0 aromatic heterocycles. The van der Waals surface area contributed by atoms with Crippen molar-refractivity contribution in [2.24, 2.45) is 11.8 Å². The monoisotopic (exact) mass is 395 g/mol. The van der Waals surface area contributed by atoms with Gasteiger partial charge in [-0.05, 0) is 51.3 Å². The van der Waals surface area contributed by atoms with Crippen LogP contribution in [-0.4, -0.2) is 34.8 Å². The van der Waals surface area contributed by atoms with E-state index in [1.165, 1.54) is 0 Å². The number of halogens is 1. The highest BCUT2D eigenvalue weighted by Crippen LogP contribution is 2.49. The van der Waals surface area contributed by atoms with E-state index in [1.807, 2.05) is 45.0 Å². The molecule has 1 heterocycles. The average molecular weight is 396 g/mol. The lowest BCUT2D eigenvalue weighted by atomic mass is 9.62. The van der Waals surface area contributed by atoms with Crippen molar-refractivity contribution in [1.29, 1.82) is 0 Å². The Morgan fingerprint density at radius 3 is 2.46 bits per heavy atom. The number of hydrogen-bond acceptors (Lipinski definition) is 3. The Morgan fingerprint density at radius 1 is 1.29 bits per heavy atom. The topological polar surface area (TPSA) is 49.8 Å². The van der Waals surface area contributed by atoms with Gasteiger partial charge in [0.25, 0.3) is 0 Å². The van der Waals surface area contributed by atoms with E-state index < -0.39 is 11.2 Å². The van der Waals surface area contributed by atoms with Gasteiger partial charge in [-0.1, -0.05) is 34.5 Å². The predicted octanol–water partition coefficient (Wildman–Crippen LogP) is 4.30. The summed E-state index contributed by atoms with van der Waals surface area (Å²) in [5, 5.41) is 11.6. The normalized spacial score (nSPS) is 30.1. The lowest BCUT2D eigenvalue weighted by Crippen LogP contribution is -2.59. The van der Waals surface area contributed by atoms with Crippen LogP contribution in [0.15, 0.2) is 28.7 Å². The summed E-state index contributed by atoms with van der Waals surface area (Å²) in [4.78, 5) is 14.2. The van der Waals surface area contributed by atoms with E-state index in [9.17, 15) is 9.90 Å². The molecule has 1 aliphatic heterocycles. The number of carbonyl (C=O) groups excluding carboxylic acids is 1. The number of aliphatic hydroxyl groups is 1. The number of rotatable bonds is 1. The molecule has 1 aromatic rings. The third kappa shape index (κ3) is 3.33. The molecular weight excluding hydrogens is 370 g/mol. The summed E-state index contributed by atoms with van der Waals surface area (Å²) < 4.78 is 6.51. The summed E-state index contributed by atoms with van der Waals surface area (Å²) in [6.45, 7) is 6.75. The highest BCUT2D eigenvalue weighted by atomic mass is 79.9. The van der Waals surface area contributed by atoms with Gasteiger partial charge in [0.15, 0.2) is 0 Å². The number of benzene rings is 1. The van der Waals surface area contributed by atoms with Gasteiger partial charge in [-0.3, -0.25) is 0 Å². The van der Waals surface area contributed by atoms with Gasteiger partial charge in [-0.25, -0.2) is 4.79 Å². The van der Waals surface area contributed by atoms with E-state index in [1.54, 1.807) is 4.90 Å². The first kappa shape index (κ1) is 17.7. The lowest BCUT2D eigenvalue weighted by Gasteiger charge is -2.53. The largest absolute Gasteiger partial charge is 0.444 e. The zero-order chi connectivity index (χ0) is 17.5. The number of carbonyl (C=O) groups is 1. The van der Waals surface area contributed by atoms with Crippen molar-refractivity contribution < 1.29 is 14.6 Å². The van der Waals surface area contributed by atoms with Crippen LogP contribution in [0.25, 0.3) is 0 Å². The van der Waals surface area contributed by atoms with Crippen LogP contribution >= 0.6 is 15.9 Å². The maximum absolute atomic E-state index is 12.5. The number of amides is 1. The van der Waals surface area contributed by atoms with Crippen LogP contribution in [0.4, 0.5) is 4.79 Å². The number of nitrogens with zero attached hydrogens (tertiary/aromatic N) is 1. The number of likely N-dealkylation sites (tertiary alicyclic amines) is 1. The molecule has 132 valence electrons. The third-order valence-corrected chi connectivity index (χ3v) is 5.66. The molecule has 1 saturated carbocycles. The number of hydrogen-bond donors (Lipinski definition) is 1. The van der Waals surface area contributed by atoms with E-state index in [-0.39, 0.29) is 17.9 Å². The summed E-state index contributed by atoms with van der Waals surface area (Å²) in [5.74, 6) is 0.0960. The molecule has 1 N–H and O–H groups in total. The maximum Gasteiger partial charge on any atom is 0.410 e. The second-order valence-electron chi connectivity index (χ2n) is 8.05. The fourth-order valence-corrected chi connectivity index (χ4v) is 4.54. The minimum absolute atomic E-state index is 0.0480. The van der Waals surface area contributed by atoms with E-state index >= 15 is 0 Å². The molecule has 2 atom stereocenters. The molecule has 1 saturated heterocycles. The van der Waals surface area contributed by atoms with Gasteiger partial charge in [-0.15, -0.1) is 0 Å². The molecule has 2 bridgehead atoms. The first-order chi connectivity index (χ1) is 11.2. The van der Waals surface area contributed by atoms with Gasteiger partial charge in [0, 0.05) is 29.4 Å². The van der Waals surface area contributed by atoms with Crippen LogP contribution in [0.5, 0.6) is 0 Å². The molecule has 0 spiro atoms. The van der Waals surface area contributed by atoms with E-state index in [0.717, 1.165) is 29.3 Å². The SMILES string of the molecule is CC(C)(C)OC(=O)N1CC2CCCC(C1)C2(O)c1cccc(Br)c1. The van der Waals surface area contributed by atoms with E-state index in [2.05, 4.69) is 15.9 Å². The lowest BCUT2D eigenvalue weighted by molar-refractivity contribution is -0.144. The zero-order valence-corrected chi connectivity index (χ0v) is 16.2. The van der Waals surface area contributed by atoms with Crippen molar-refractivity contribution in [1.82, 2.24) is 4.90 Å². The Hall–Kier alpha value is -1.07. The maximum atomic E-state index is 12.5. The molecule has 2 fully saturated rings. The molecule has 1 amide bonds. The summed E-state index contributed by atoms with van der Waals surface area (Å²) in [6, 6.07) is 7.94. The molecule has 3 rings (SSSR count). The number of piperidine rings is 1. The standard InChI is InChI=1S/C19H26BrNO3/c1-18(2,3)24-17(22)21-11-14-7-4-8-15(12-21)19(14,23)13-6-5-9-16(20)10-13/h5-6,9-10,14-15,23H,4,7-8,11-12H2,1-3H3. The number of fused-ring (bicyclic) bond motifs is 2. The number of ether oxygens (including phenoxy) is 1. The summed E-state index contributed by atoms with van der Waals surface area (Å²) in [7, 11) is 0. The van der Waals surface area contributed by atoms with Crippen LogP contribution < -0.4 is 0 Å². The molecule has 1 aromatic carbocycles. The third-order valence-electron chi connectivity index (χ3n) is 5.17. The second-order valence-corrected chi connectivity index (χ2v) is 8.96. The van der Waals surface area contributed by atoms with Gasteiger partial charge >= 0.3 is 6.09 Å². The van der Waals surface area contributed by atoms with E-state index in [4.69, 9.17) is 4.74 Å². The fraction of sp³-hybridized carbons (Fsp3) is 0.632. The van der Waals surface area contributed by atoms with Crippen molar-refractivity contribution >= 4 is 22.0 Å². The van der Waals surface area contributed by atoms with E-state index in [0.29, 0.717) is 13.1 Å². The van der Waals surface area contributed by atoms with Crippen LogP contribution in [0.3, 0.4) is 0 Å².